The van der Waals surface area contributed by atoms with Gasteiger partial charge in [-0.1, -0.05) is 0 Å². The largest absolute Gasteiger partial charge is 0.394 e. The van der Waals surface area contributed by atoms with Gasteiger partial charge in [-0.2, -0.15) is 0 Å². The zero-order valence-corrected chi connectivity index (χ0v) is 7.20. The molecule has 0 aromatic rings. The lowest BCUT2D eigenvalue weighted by atomic mass is 10.2. The zero-order valence-electron chi connectivity index (χ0n) is 7.20. The van der Waals surface area contributed by atoms with Crippen LogP contribution in [0.4, 0.5) is 0 Å². The molecule has 2 unspecified atom stereocenters. The molecule has 3 N–H and O–H groups in total. The number of hydrogen-bond donors (Lipinski definition) is 3. The summed E-state index contributed by atoms with van der Waals surface area (Å²) in [5.41, 5.74) is 0. The Morgan fingerprint density at radius 2 is 2.42 bits per heavy atom. The molecule has 0 saturated carbocycles. The molecule has 0 spiro atoms. The molecule has 2 atom stereocenters. The van der Waals surface area contributed by atoms with E-state index in [1.54, 1.807) is 0 Å². The van der Waals surface area contributed by atoms with Gasteiger partial charge in [0.1, 0.15) is 0 Å². The lowest BCUT2D eigenvalue weighted by Crippen LogP contribution is -2.34. The van der Waals surface area contributed by atoms with E-state index in [1.165, 1.54) is 0 Å². The van der Waals surface area contributed by atoms with Crippen LogP contribution in [0.3, 0.4) is 0 Å². The van der Waals surface area contributed by atoms with Crippen molar-refractivity contribution < 1.29 is 14.9 Å². The average Bonchev–Trinajstić information content (AvgIpc) is 2.57. The zero-order chi connectivity index (χ0) is 8.81. The molecule has 0 aliphatic carbocycles. The summed E-state index contributed by atoms with van der Waals surface area (Å²) >= 11 is 0. The van der Waals surface area contributed by atoms with Crippen molar-refractivity contribution in [3.63, 3.8) is 0 Å². The minimum absolute atomic E-state index is 0.182. The van der Waals surface area contributed by atoms with E-state index in [-0.39, 0.29) is 6.61 Å². The molecular formula is C8H17NO3. The van der Waals surface area contributed by atoms with Gasteiger partial charge in [0.25, 0.3) is 0 Å². The quantitative estimate of drug-likeness (QED) is 0.507. The summed E-state index contributed by atoms with van der Waals surface area (Å²) in [6.07, 6.45) is 1.89. The normalized spacial score (nSPS) is 26.0. The highest BCUT2D eigenvalue weighted by atomic mass is 16.5. The van der Waals surface area contributed by atoms with Crippen LogP contribution in [0.1, 0.15) is 12.8 Å². The van der Waals surface area contributed by atoms with Crippen molar-refractivity contribution in [1.29, 1.82) is 0 Å². The Labute approximate surface area is 72.5 Å². The van der Waals surface area contributed by atoms with Crippen LogP contribution in [-0.2, 0) is 4.74 Å². The van der Waals surface area contributed by atoms with Gasteiger partial charge in [-0.05, 0) is 12.8 Å². The third kappa shape index (κ3) is 3.49. The molecule has 0 radical (unpaired) electrons. The Kier molecular flexibility index (Phi) is 4.53. The van der Waals surface area contributed by atoms with Gasteiger partial charge in [0, 0.05) is 19.7 Å². The Bertz CT molecular complexity index is 115. The van der Waals surface area contributed by atoms with Crippen molar-refractivity contribution >= 4 is 0 Å². The van der Waals surface area contributed by atoms with Crippen molar-refractivity contribution in [1.82, 2.24) is 5.32 Å². The summed E-state index contributed by atoms with van der Waals surface area (Å²) < 4.78 is 5.36. The van der Waals surface area contributed by atoms with Crippen molar-refractivity contribution in [2.24, 2.45) is 0 Å². The first-order chi connectivity index (χ1) is 5.83. The van der Waals surface area contributed by atoms with Crippen LogP contribution in [0.5, 0.6) is 0 Å². The molecule has 0 amide bonds. The molecule has 1 aliphatic rings. The number of nitrogens with one attached hydrogen (secondary N) is 1. The number of hydrogen-bond acceptors (Lipinski definition) is 4. The molecule has 4 heteroatoms. The maximum absolute atomic E-state index is 8.98. The first kappa shape index (κ1) is 9.92. The van der Waals surface area contributed by atoms with E-state index in [1.807, 2.05) is 0 Å². The first-order valence-corrected chi connectivity index (χ1v) is 4.44. The van der Waals surface area contributed by atoms with Crippen LogP contribution in [0.15, 0.2) is 0 Å². The van der Waals surface area contributed by atoms with E-state index < -0.39 is 6.10 Å². The summed E-state index contributed by atoms with van der Waals surface area (Å²) in [5, 5.41) is 20.5. The summed E-state index contributed by atoms with van der Waals surface area (Å²) in [4.78, 5) is 0. The van der Waals surface area contributed by atoms with Crippen molar-refractivity contribution in [2.75, 3.05) is 26.3 Å². The lowest BCUT2D eigenvalue weighted by molar-refractivity contribution is 0.0813. The van der Waals surface area contributed by atoms with Crippen LogP contribution >= 0.6 is 0 Å². The molecule has 1 heterocycles. The molecule has 72 valence electrons. The smallest absolute Gasteiger partial charge is 0.0894 e. The van der Waals surface area contributed by atoms with Crippen LogP contribution in [-0.4, -0.2) is 48.7 Å². The fraction of sp³-hybridized carbons (Fsp3) is 1.00. The highest BCUT2D eigenvalue weighted by molar-refractivity contribution is 4.68. The molecule has 1 aliphatic heterocycles. The minimum Gasteiger partial charge on any atom is -0.394 e. The standard InChI is InChI=1S/C8H17NO3/c10-6-7(11)4-9-5-8-2-1-3-12-8/h7-11H,1-6H2. The second-order valence-corrected chi connectivity index (χ2v) is 3.13. The maximum Gasteiger partial charge on any atom is 0.0894 e. The van der Waals surface area contributed by atoms with Gasteiger partial charge in [-0.25, -0.2) is 0 Å². The van der Waals surface area contributed by atoms with Crippen molar-refractivity contribution in [2.45, 2.75) is 25.0 Å². The monoisotopic (exact) mass is 175 g/mol. The summed E-state index contributed by atoms with van der Waals surface area (Å²) in [6, 6.07) is 0. The average molecular weight is 175 g/mol. The number of ether oxygens (including phenoxy) is 1. The SMILES string of the molecule is OCC(O)CNCC1CCCO1. The maximum atomic E-state index is 8.98. The Balaban J connectivity index is 1.94. The van der Waals surface area contributed by atoms with Gasteiger partial charge in [0.05, 0.1) is 18.8 Å². The molecule has 1 fully saturated rings. The number of aliphatic hydroxyl groups excluding tert-OH is 2. The highest BCUT2D eigenvalue weighted by Gasteiger charge is 2.14. The fourth-order valence-corrected chi connectivity index (χ4v) is 1.28. The van der Waals surface area contributed by atoms with Crippen LogP contribution in [0.2, 0.25) is 0 Å². The molecule has 12 heavy (non-hydrogen) atoms. The van der Waals surface area contributed by atoms with Gasteiger partial charge in [0.15, 0.2) is 0 Å². The predicted molar refractivity (Wildman–Crippen MR) is 44.9 cm³/mol. The third-order valence-corrected chi connectivity index (χ3v) is 1.99. The van der Waals surface area contributed by atoms with E-state index in [0.29, 0.717) is 12.6 Å². The molecule has 0 bridgehead atoms. The molecule has 0 aromatic heterocycles. The molecule has 0 aromatic carbocycles. The minimum atomic E-state index is -0.647. The van der Waals surface area contributed by atoms with Crippen molar-refractivity contribution in [3.8, 4) is 0 Å². The highest BCUT2D eigenvalue weighted by Crippen LogP contribution is 2.10. The summed E-state index contributed by atoms with van der Waals surface area (Å²) in [6.45, 7) is 1.89. The molecule has 4 nitrogen and oxygen atoms in total. The summed E-state index contributed by atoms with van der Waals surface area (Å²) in [7, 11) is 0. The van der Waals surface area contributed by atoms with Gasteiger partial charge in [-0.15, -0.1) is 0 Å². The lowest BCUT2D eigenvalue weighted by Gasteiger charge is -2.12. The van der Waals surface area contributed by atoms with Crippen LogP contribution in [0, 0.1) is 0 Å². The second kappa shape index (κ2) is 5.48. The topological polar surface area (TPSA) is 61.7 Å². The second-order valence-electron chi connectivity index (χ2n) is 3.13. The molecule has 1 saturated heterocycles. The number of aliphatic hydroxyl groups is 2. The van der Waals surface area contributed by atoms with E-state index in [9.17, 15) is 0 Å². The summed E-state index contributed by atoms with van der Waals surface area (Å²) in [5.74, 6) is 0. The van der Waals surface area contributed by atoms with Crippen LogP contribution in [0.25, 0.3) is 0 Å². The third-order valence-electron chi connectivity index (χ3n) is 1.99. The van der Waals surface area contributed by atoms with E-state index >= 15 is 0 Å². The van der Waals surface area contributed by atoms with Gasteiger partial charge < -0.3 is 20.3 Å². The van der Waals surface area contributed by atoms with Gasteiger partial charge >= 0.3 is 0 Å². The number of rotatable bonds is 5. The van der Waals surface area contributed by atoms with Gasteiger partial charge in [0.2, 0.25) is 0 Å². The predicted octanol–water partition coefficient (Wildman–Crippen LogP) is -0.892. The van der Waals surface area contributed by atoms with E-state index in [0.717, 1.165) is 26.0 Å². The van der Waals surface area contributed by atoms with Gasteiger partial charge in [-0.3, -0.25) is 0 Å². The first-order valence-electron chi connectivity index (χ1n) is 4.44. The Hall–Kier alpha value is -0.160. The Morgan fingerprint density at radius 3 is 3.00 bits per heavy atom. The van der Waals surface area contributed by atoms with E-state index in [2.05, 4.69) is 5.32 Å². The van der Waals surface area contributed by atoms with E-state index in [4.69, 9.17) is 14.9 Å². The molecular weight excluding hydrogens is 158 g/mol. The van der Waals surface area contributed by atoms with Crippen molar-refractivity contribution in [3.05, 3.63) is 0 Å². The molecule has 1 rings (SSSR count). The Morgan fingerprint density at radius 1 is 1.58 bits per heavy atom. The van der Waals surface area contributed by atoms with Crippen LogP contribution < -0.4 is 5.32 Å². The fourth-order valence-electron chi connectivity index (χ4n) is 1.28.